The van der Waals surface area contributed by atoms with E-state index < -0.39 is 21.7 Å². The molecule has 0 aliphatic carbocycles. The van der Waals surface area contributed by atoms with Crippen molar-refractivity contribution in [2.75, 3.05) is 19.4 Å². The van der Waals surface area contributed by atoms with Crippen LogP contribution in [-0.4, -0.2) is 37.7 Å². The smallest absolute Gasteiger partial charge is 0.242 e. The monoisotopic (exact) mass is 449 g/mol. The number of rotatable bonds is 7. The zero-order chi connectivity index (χ0) is 22.8. The first-order valence-electron chi connectivity index (χ1n) is 9.31. The number of carbonyl (C=O) groups is 1. The van der Waals surface area contributed by atoms with Gasteiger partial charge in [0, 0.05) is 38.7 Å². The van der Waals surface area contributed by atoms with Crippen LogP contribution < -0.4 is 5.32 Å². The van der Waals surface area contributed by atoms with Crippen LogP contribution in [0.1, 0.15) is 17.9 Å². The lowest BCUT2D eigenvalue weighted by Gasteiger charge is -2.14. The molecule has 31 heavy (non-hydrogen) atoms. The van der Waals surface area contributed by atoms with Crippen molar-refractivity contribution >= 4 is 21.6 Å². The predicted molar refractivity (Wildman–Crippen MR) is 111 cm³/mol. The number of benzene rings is 2. The molecule has 1 aromatic heterocycles. The van der Waals surface area contributed by atoms with Crippen LogP contribution in [0.3, 0.4) is 0 Å². The first-order chi connectivity index (χ1) is 14.6. The number of halogens is 2. The van der Waals surface area contributed by atoms with Gasteiger partial charge in [-0.1, -0.05) is 6.07 Å². The van der Waals surface area contributed by atoms with Gasteiger partial charge in [0.15, 0.2) is 11.7 Å². The van der Waals surface area contributed by atoms with Gasteiger partial charge in [0.2, 0.25) is 15.9 Å². The summed E-state index contributed by atoms with van der Waals surface area (Å²) in [6.07, 6.45) is 1.46. The van der Waals surface area contributed by atoms with E-state index in [4.69, 9.17) is 4.42 Å². The summed E-state index contributed by atoms with van der Waals surface area (Å²) < 4.78 is 58.1. The summed E-state index contributed by atoms with van der Waals surface area (Å²) in [6, 6.07) is 7.61. The molecule has 1 N–H and O–H groups in total. The van der Waals surface area contributed by atoms with E-state index in [2.05, 4.69) is 10.3 Å². The van der Waals surface area contributed by atoms with Gasteiger partial charge in [-0.25, -0.2) is 26.5 Å². The Balaban J connectivity index is 1.67. The molecule has 0 fully saturated rings. The Morgan fingerprint density at radius 1 is 1.16 bits per heavy atom. The minimum atomic E-state index is -3.63. The second kappa shape index (κ2) is 8.94. The second-order valence-corrected chi connectivity index (χ2v) is 9.21. The lowest BCUT2D eigenvalue weighted by molar-refractivity contribution is -0.116. The lowest BCUT2D eigenvalue weighted by atomic mass is 10.2. The maximum Gasteiger partial charge on any atom is 0.242 e. The zero-order valence-electron chi connectivity index (χ0n) is 17.1. The van der Waals surface area contributed by atoms with E-state index in [0.29, 0.717) is 11.3 Å². The average molecular weight is 449 g/mol. The first-order valence-corrected chi connectivity index (χ1v) is 10.7. The minimum Gasteiger partial charge on any atom is -0.441 e. The van der Waals surface area contributed by atoms with Crippen LogP contribution in [0, 0.1) is 18.6 Å². The molecule has 0 bridgehead atoms. The van der Waals surface area contributed by atoms with Crippen LogP contribution in [0.4, 0.5) is 14.5 Å². The summed E-state index contributed by atoms with van der Waals surface area (Å²) in [5.41, 5.74) is 1.16. The third kappa shape index (κ3) is 5.15. The molecule has 0 radical (unpaired) electrons. The van der Waals surface area contributed by atoms with Crippen molar-refractivity contribution < 1.29 is 26.4 Å². The highest BCUT2D eigenvalue weighted by atomic mass is 32.2. The molecular formula is C21H21F2N3O4S. The molecule has 0 unspecified atom stereocenters. The number of carbonyl (C=O) groups excluding carboxylic acids is 1. The topological polar surface area (TPSA) is 92.5 Å². The fourth-order valence-electron chi connectivity index (χ4n) is 2.78. The highest BCUT2D eigenvalue weighted by Crippen LogP contribution is 2.25. The number of aryl methyl sites for hydroxylation is 2. The molecular weight excluding hydrogens is 428 g/mol. The van der Waals surface area contributed by atoms with E-state index in [0.717, 1.165) is 16.4 Å². The van der Waals surface area contributed by atoms with Gasteiger partial charge in [0.1, 0.15) is 11.6 Å². The van der Waals surface area contributed by atoms with E-state index in [1.165, 1.54) is 38.5 Å². The summed E-state index contributed by atoms with van der Waals surface area (Å²) >= 11 is 0. The Kier molecular flexibility index (Phi) is 6.51. The Hall–Kier alpha value is -3.11. The van der Waals surface area contributed by atoms with Crippen LogP contribution in [-0.2, 0) is 21.2 Å². The summed E-state index contributed by atoms with van der Waals surface area (Å²) in [5.74, 6) is -1.49. The van der Waals surface area contributed by atoms with Gasteiger partial charge < -0.3 is 9.73 Å². The van der Waals surface area contributed by atoms with Gasteiger partial charge in [-0.3, -0.25) is 4.79 Å². The largest absolute Gasteiger partial charge is 0.441 e. The molecule has 3 rings (SSSR count). The summed E-state index contributed by atoms with van der Waals surface area (Å²) in [4.78, 5) is 16.5. The molecule has 10 heteroatoms. The van der Waals surface area contributed by atoms with Gasteiger partial charge in [-0.15, -0.1) is 0 Å². The molecule has 0 atom stereocenters. The van der Waals surface area contributed by atoms with E-state index in [9.17, 15) is 22.0 Å². The molecule has 2 aromatic carbocycles. The molecule has 0 saturated heterocycles. The quantitative estimate of drug-likeness (QED) is 0.593. The van der Waals surface area contributed by atoms with Gasteiger partial charge in [-0.05, 0) is 36.8 Å². The molecule has 3 aromatic rings. The highest BCUT2D eigenvalue weighted by Gasteiger charge is 2.19. The van der Waals surface area contributed by atoms with Crippen LogP contribution in [0.2, 0.25) is 0 Å². The van der Waals surface area contributed by atoms with Crippen molar-refractivity contribution in [1.29, 1.82) is 0 Å². The molecule has 0 spiro atoms. The Morgan fingerprint density at radius 3 is 2.58 bits per heavy atom. The van der Waals surface area contributed by atoms with Crippen molar-refractivity contribution in [3.8, 4) is 11.3 Å². The fraction of sp³-hybridized carbons (Fsp3) is 0.238. The summed E-state index contributed by atoms with van der Waals surface area (Å²) in [7, 11) is -0.781. The van der Waals surface area contributed by atoms with E-state index in [-0.39, 0.29) is 40.9 Å². The van der Waals surface area contributed by atoms with Crippen molar-refractivity contribution in [2.45, 2.75) is 24.7 Å². The zero-order valence-corrected chi connectivity index (χ0v) is 18.0. The van der Waals surface area contributed by atoms with Crippen LogP contribution >= 0.6 is 0 Å². The molecule has 1 heterocycles. The normalized spacial score (nSPS) is 11.7. The van der Waals surface area contributed by atoms with Crippen molar-refractivity contribution in [3.63, 3.8) is 0 Å². The molecule has 0 aliphatic heterocycles. The van der Waals surface area contributed by atoms with E-state index in [1.807, 2.05) is 0 Å². The number of hydrogen-bond donors (Lipinski definition) is 1. The van der Waals surface area contributed by atoms with Crippen molar-refractivity contribution in [3.05, 3.63) is 65.7 Å². The van der Waals surface area contributed by atoms with Gasteiger partial charge in [0.25, 0.3) is 0 Å². The number of nitrogens with one attached hydrogen (secondary N) is 1. The van der Waals surface area contributed by atoms with E-state index >= 15 is 0 Å². The molecule has 0 aliphatic rings. The highest BCUT2D eigenvalue weighted by molar-refractivity contribution is 7.89. The summed E-state index contributed by atoms with van der Waals surface area (Å²) in [5, 5.41) is 2.69. The molecule has 164 valence electrons. The number of aromatic nitrogens is 1. The van der Waals surface area contributed by atoms with Crippen molar-refractivity contribution in [1.82, 2.24) is 9.29 Å². The lowest BCUT2D eigenvalue weighted by Crippen LogP contribution is -2.22. The number of sulfonamides is 1. The third-order valence-electron chi connectivity index (χ3n) is 4.58. The van der Waals surface area contributed by atoms with Crippen molar-refractivity contribution in [2.24, 2.45) is 0 Å². The fourth-order valence-corrected chi connectivity index (χ4v) is 3.71. The average Bonchev–Trinajstić information content (AvgIpc) is 3.16. The number of amides is 1. The predicted octanol–water partition coefficient (Wildman–Crippen LogP) is 3.75. The van der Waals surface area contributed by atoms with Crippen LogP contribution in [0.15, 0.2) is 51.9 Å². The summed E-state index contributed by atoms with van der Waals surface area (Å²) in [6.45, 7) is 1.75. The minimum absolute atomic E-state index is 0.00987. The maximum atomic E-state index is 13.9. The Morgan fingerprint density at radius 2 is 1.90 bits per heavy atom. The van der Waals surface area contributed by atoms with Gasteiger partial charge in [0.05, 0.1) is 16.7 Å². The molecule has 7 nitrogen and oxygen atoms in total. The first kappa shape index (κ1) is 22.6. The van der Waals surface area contributed by atoms with Gasteiger partial charge >= 0.3 is 0 Å². The third-order valence-corrected chi connectivity index (χ3v) is 6.39. The Labute approximate surface area is 178 Å². The molecule has 0 saturated carbocycles. The van der Waals surface area contributed by atoms with Crippen LogP contribution in [0.25, 0.3) is 11.3 Å². The maximum absolute atomic E-state index is 13.9. The Bertz CT molecular complexity index is 1220. The number of nitrogens with zero attached hydrogens (tertiary/aromatic N) is 2. The molecule has 1 amide bonds. The van der Waals surface area contributed by atoms with E-state index in [1.54, 1.807) is 13.0 Å². The van der Waals surface area contributed by atoms with Crippen LogP contribution in [0.5, 0.6) is 0 Å². The number of anilines is 1. The SMILES string of the molecule is Cc1ccc(S(=O)(=O)N(C)C)cc1NC(=O)CCc1ncc(-c2ccc(F)cc2F)o1. The second-order valence-electron chi connectivity index (χ2n) is 7.05. The standard InChI is InChI=1S/C21H21F2N3O4S/c1-13-4-6-15(31(28,29)26(2)3)11-18(13)25-20(27)8-9-21-24-12-19(30-21)16-7-5-14(22)10-17(16)23/h4-7,10-12H,8-9H2,1-3H3,(H,25,27). The van der Waals surface area contributed by atoms with Gasteiger partial charge in [-0.2, -0.15) is 0 Å². The number of hydrogen-bond acceptors (Lipinski definition) is 5. The number of oxazole rings is 1.